The van der Waals surface area contributed by atoms with E-state index < -0.39 is 0 Å². The molecule has 2 aromatic heterocycles. The molecule has 0 amide bonds. The average molecular weight is 487 g/mol. The molecule has 9 heteroatoms. The third-order valence-electron chi connectivity index (χ3n) is 5.28. The average Bonchev–Trinajstić information content (AvgIpc) is 3.37. The Morgan fingerprint density at radius 3 is 2.69 bits per heavy atom. The predicted molar refractivity (Wildman–Crippen MR) is 134 cm³/mol. The van der Waals surface area contributed by atoms with Gasteiger partial charge < -0.3 is 14.0 Å². The van der Waals surface area contributed by atoms with Crippen molar-refractivity contribution in [3.8, 4) is 28.6 Å². The van der Waals surface area contributed by atoms with Crippen LogP contribution in [0.2, 0.25) is 0 Å². The standard InChI is InChI=1S/C26H22N4O4S/c1-3-33-22-14-7-5-12-20(22)24-28-23(34-29-24)16-35-26-27-21-13-6-4-11-19(21)25(31)30(26)17-9-8-10-18(15-17)32-2/h4-15H,3,16H2,1-2H3. The van der Waals surface area contributed by atoms with E-state index in [2.05, 4.69) is 10.1 Å². The Kier molecular flexibility index (Phi) is 6.49. The monoisotopic (exact) mass is 486 g/mol. The van der Waals surface area contributed by atoms with Gasteiger partial charge in [0.2, 0.25) is 11.7 Å². The van der Waals surface area contributed by atoms with Crippen LogP contribution in [-0.2, 0) is 5.75 Å². The van der Waals surface area contributed by atoms with Gasteiger partial charge in [-0.1, -0.05) is 47.3 Å². The second kappa shape index (κ2) is 10.0. The van der Waals surface area contributed by atoms with Gasteiger partial charge in [0, 0.05) is 6.07 Å². The lowest BCUT2D eigenvalue weighted by Gasteiger charge is -2.13. The quantitative estimate of drug-likeness (QED) is 0.220. The van der Waals surface area contributed by atoms with Crippen molar-refractivity contribution < 1.29 is 14.0 Å². The van der Waals surface area contributed by atoms with E-state index in [1.165, 1.54) is 11.8 Å². The number of para-hydroxylation sites is 2. The summed E-state index contributed by atoms with van der Waals surface area (Å²) in [7, 11) is 1.59. The molecule has 0 aliphatic rings. The molecule has 2 heterocycles. The summed E-state index contributed by atoms with van der Waals surface area (Å²) in [5, 5.41) is 5.17. The third kappa shape index (κ3) is 4.63. The Hall–Kier alpha value is -4.11. The van der Waals surface area contributed by atoms with Gasteiger partial charge in [-0.15, -0.1) is 0 Å². The number of rotatable bonds is 8. The Morgan fingerprint density at radius 1 is 1.00 bits per heavy atom. The van der Waals surface area contributed by atoms with Crippen molar-refractivity contribution in [2.45, 2.75) is 17.8 Å². The van der Waals surface area contributed by atoms with Crippen LogP contribution in [0.25, 0.3) is 28.0 Å². The van der Waals surface area contributed by atoms with E-state index in [-0.39, 0.29) is 5.56 Å². The maximum Gasteiger partial charge on any atom is 0.266 e. The summed E-state index contributed by atoms with van der Waals surface area (Å²) in [4.78, 5) is 22.8. The van der Waals surface area contributed by atoms with Gasteiger partial charge in [-0.05, 0) is 43.3 Å². The number of aromatic nitrogens is 4. The molecule has 0 fully saturated rings. The highest BCUT2D eigenvalue weighted by Crippen LogP contribution is 2.30. The first-order chi connectivity index (χ1) is 17.2. The maximum atomic E-state index is 13.5. The highest BCUT2D eigenvalue weighted by Gasteiger charge is 2.17. The van der Waals surface area contributed by atoms with Gasteiger partial charge in [0.15, 0.2) is 5.16 Å². The number of hydrogen-bond acceptors (Lipinski definition) is 8. The number of nitrogens with zero attached hydrogens (tertiary/aromatic N) is 4. The van der Waals surface area contributed by atoms with Crippen LogP contribution >= 0.6 is 11.8 Å². The minimum atomic E-state index is -0.164. The smallest absolute Gasteiger partial charge is 0.266 e. The van der Waals surface area contributed by atoms with Gasteiger partial charge in [-0.25, -0.2) is 4.98 Å². The SMILES string of the molecule is CCOc1ccccc1-c1noc(CSc2nc3ccccc3c(=O)n2-c2cccc(OC)c2)n1. The fraction of sp³-hybridized carbons (Fsp3) is 0.154. The number of ether oxygens (including phenoxy) is 2. The molecule has 0 unspecified atom stereocenters. The number of benzene rings is 3. The second-order valence-corrected chi connectivity index (χ2v) is 8.43. The van der Waals surface area contributed by atoms with Crippen LogP contribution < -0.4 is 15.0 Å². The Balaban J connectivity index is 1.50. The van der Waals surface area contributed by atoms with Gasteiger partial charge in [-0.2, -0.15) is 4.98 Å². The molecule has 5 aromatic rings. The summed E-state index contributed by atoms with van der Waals surface area (Å²) in [5.41, 5.74) is 1.87. The molecule has 0 spiro atoms. The minimum absolute atomic E-state index is 0.164. The van der Waals surface area contributed by atoms with E-state index >= 15 is 0 Å². The fourth-order valence-electron chi connectivity index (χ4n) is 3.67. The van der Waals surface area contributed by atoms with E-state index in [0.29, 0.717) is 57.3 Å². The van der Waals surface area contributed by atoms with Crippen molar-refractivity contribution in [1.82, 2.24) is 19.7 Å². The van der Waals surface area contributed by atoms with Crippen LogP contribution in [0, 0.1) is 0 Å². The van der Waals surface area contributed by atoms with Crippen molar-refractivity contribution in [3.63, 3.8) is 0 Å². The van der Waals surface area contributed by atoms with Gasteiger partial charge in [0.1, 0.15) is 11.5 Å². The molecule has 0 aliphatic heterocycles. The summed E-state index contributed by atoms with van der Waals surface area (Å²) in [6.07, 6.45) is 0. The molecule has 0 saturated heterocycles. The number of thioether (sulfide) groups is 1. The van der Waals surface area contributed by atoms with Crippen LogP contribution in [0.1, 0.15) is 12.8 Å². The van der Waals surface area contributed by atoms with Crippen molar-refractivity contribution in [2.75, 3.05) is 13.7 Å². The van der Waals surface area contributed by atoms with Crippen LogP contribution in [0.4, 0.5) is 0 Å². The topological polar surface area (TPSA) is 92.3 Å². The van der Waals surface area contributed by atoms with E-state index in [1.807, 2.05) is 67.6 Å². The molecular weight excluding hydrogens is 464 g/mol. The summed E-state index contributed by atoms with van der Waals surface area (Å²) in [5.74, 6) is 2.53. The van der Waals surface area contributed by atoms with Gasteiger partial charge >= 0.3 is 0 Å². The fourth-order valence-corrected chi connectivity index (χ4v) is 4.52. The lowest BCUT2D eigenvalue weighted by Crippen LogP contribution is -2.21. The van der Waals surface area contributed by atoms with Gasteiger partial charge in [-0.3, -0.25) is 9.36 Å². The minimum Gasteiger partial charge on any atom is -0.497 e. The van der Waals surface area contributed by atoms with Crippen LogP contribution in [0.3, 0.4) is 0 Å². The second-order valence-electron chi connectivity index (χ2n) is 7.48. The third-order valence-corrected chi connectivity index (χ3v) is 6.20. The Bertz CT molecular complexity index is 1550. The maximum absolute atomic E-state index is 13.5. The molecule has 0 bridgehead atoms. The largest absolute Gasteiger partial charge is 0.497 e. The van der Waals surface area contributed by atoms with Crippen LogP contribution in [0.15, 0.2) is 87.3 Å². The Morgan fingerprint density at radius 2 is 1.83 bits per heavy atom. The highest BCUT2D eigenvalue weighted by atomic mass is 32.2. The highest BCUT2D eigenvalue weighted by molar-refractivity contribution is 7.98. The molecule has 35 heavy (non-hydrogen) atoms. The van der Waals surface area contributed by atoms with Gasteiger partial charge in [0.05, 0.1) is 41.6 Å². The van der Waals surface area contributed by atoms with E-state index in [4.69, 9.17) is 19.0 Å². The van der Waals surface area contributed by atoms with Crippen molar-refractivity contribution in [1.29, 1.82) is 0 Å². The summed E-state index contributed by atoms with van der Waals surface area (Å²) in [6.45, 7) is 2.46. The van der Waals surface area contributed by atoms with Crippen LogP contribution in [-0.4, -0.2) is 33.4 Å². The predicted octanol–water partition coefficient (Wildman–Crippen LogP) is 5.14. The molecule has 176 valence electrons. The van der Waals surface area contributed by atoms with E-state index in [1.54, 1.807) is 23.8 Å². The molecule has 0 N–H and O–H groups in total. The molecule has 0 aliphatic carbocycles. The van der Waals surface area contributed by atoms with E-state index in [9.17, 15) is 4.79 Å². The first kappa shape index (κ1) is 22.7. The molecular formula is C26H22N4O4S. The molecule has 0 radical (unpaired) electrons. The first-order valence-corrected chi connectivity index (χ1v) is 12.0. The molecule has 8 nitrogen and oxygen atoms in total. The lowest BCUT2D eigenvalue weighted by molar-refractivity contribution is 0.341. The summed E-state index contributed by atoms with van der Waals surface area (Å²) in [6, 6.07) is 22.2. The Labute approximate surface area is 205 Å². The first-order valence-electron chi connectivity index (χ1n) is 11.0. The number of fused-ring (bicyclic) bond motifs is 1. The summed E-state index contributed by atoms with van der Waals surface area (Å²) >= 11 is 1.34. The van der Waals surface area contributed by atoms with Crippen molar-refractivity contribution in [3.05, 3.63) is 89.0 Å². The molecule has 0 saturated carbocycles. The lowest BCUT2D eigenvalue weighted by atomic mass is 10.2. The molecule has 3 aromatic carbocycles. The zero-order chi connectivity index (χ0) is 24.2. The van der Waals surface area contributed by atoms with Crippen molar-refractivity contribution >= 4 is 22.7 Å². The molecule has 5 rings (SSSR count). The molecule has 0 atom stereocenters. The summed E-state index contributed by atoms with van der Waals surface area (Å²) < 4.78 is 18.1. The zero-order valence-corrected chi connectivity index (χ0v) is 20.0. The van der Waals surface area contributed by atoms with Crippen molar-refractivity contribution in [2.24, 2.45) is 0 Å². The van der Waals surface area contributed by atoms with Crippen LogP contribution in [0.5, 0.6) is 11.5 Å². The number of hydrogen-bond donors (Lipinski definition) is 0. The number of methoxy groups -OCH3 is 1. The van der Waals surface area contributed by atoms with Gasteiger partial charge in [0.25, 0.3) is 5.56 Å². The zero-order valence-electron chi connectivity index (χ0n) is 19.2. The normalized spacial score (nSPS) is 11.0. The van der Waals surface area contributed by atoms with E-state index in [0.717, 1.165) is 5.56 Å².